The summed E-state index contributed by atoms with van der Waals surface area (Å²) in [7, 11) is 0. The zero-order valence-electron chi connectivity index (χ0n) is 17.5. The number of fused-ring (bicyclic) bond motifs is 1. The van der Waals surface area contributed by atoms with E-state index in [9.17, 15) is 9.59 Å². The molecule has 0 saturated heterocycles. The van der Waals surface area contributed by atoms with Crippen LogP contribution in [0.1, 0.15) is 26.7 Å². The molecule has 0 bridgehead atoms. The van der Waals surface area contributed by atoms with Crippen molar-refractivity contribution in [3.05, 3.63) is 53.9 Å². The van der Waals surface area contributed by atoms with Crippen LogP contribution in [-0.2, 0) is 14.3 Å². The number of aromatic nitrogens is 1. The number of ether oxygens (including phenoxy) is 2. The van der Waals surface area contributed by atoms with Gasteiger partial charge in [-0.3, -0.25) is 9.69 Å². The second-order valence-corrected chi connectivity index (χ2v) is 8.19. The maximum Gasteiger partial charge on any atom is 0.328 e. The lowest BCUT2D eigenvalue weighted by atomic mass is 10.1. The Morgan fingerprint density at radius 2 is 2.03 bits per heavy atom. The molecule has 160 valence electrons. The van der Waals surface area contributed by atoms with Gasteiger partial charge in [0.2, 0.25) is 0 Å². The second kappa shape index (κ2) is 9.31. The highest BCUT2D eigenvalue weighted by Gasteiger charge is 2.34. The Kier molecular flexibility index (Phi) is 6.32. The van der Waals surface area contributed by atoms with Gasteiger partial charge >= 0.3 is 5.97 Å². The maximum absolute atomic E-state index is 12.6. The highest BCUT2D eigenvalue weighted by molar-refractivity contribution is 7.13. The summed E-state index contributed by atoms with van der Waals surface area (Å²) in [6.45, 7) is 3.96. The van der Waals surface area contributed by atoms with E-state index in [2.05, 4.69) is 0 Å². The third-order valence-electron chi connectivity index (χ3n) is 5.13. The van der Waals surface area contributed by atoms with Gasteiger partial charge in [0.25, 0.3) is 5.91 Å². The largest absolute Gasteiger partial charge is 0.482 e. The number of unbranched alkanes of at least 4 members (excludes halogenated alkanes) is 1. The lowest BCUT2D eigenvalue weighted by molar-refractivity contribution is -0.146. The lowest BCUT2D eigenvalue weighted by Crippen LogP contribution is -2.48. The Balaban J connectivity index is 1.63. The van der Waals surface area contributed by atoms with Crippen molar-refractivity contribution >= 4 is 28.9 Å². The summed E-state index contributed by atoms with van der Waals surface area (Å²) >= 11 is 1.56. The molecule has 0 saturated carbocycles. The average molecular weight is 437 g/mol. The van der Waals surface area contributed by atoms with Crippen molar-refractivity contribution in [2.75, 3.05) is 18.1 Å². The molecule has 7 heteroatoms. The molecule has 1 aliphatic heterocycles. The van der Waals surface area contributed by atoms with Crippen LogP contribution in [0.5, 0.6) is 5.75 Å². The number of benzene rings is 2. The molecule has 2 heterocycles. The molecule has 0 aliphatic carbocycles. The number of carbonyl (C=O) groups excluding carboxylic acids is 2. The van der Waals surface area contributed by atoms with Crippen LogP contribution in [0.3, 0.4) is 0 Å². The van der Waals surface area contributed by atoms with Crippen LogP contribution in [-0.4, -0.2) is 36.1 Å². The number of hydrogen-bond acceptors (Lipinski definition) is 6. The first kappa shape index (κ1) is 21.1. The topological polar surface area (TPSA) is 68.7 Å². The lowest BCUT2D eigenvalue weighted by Gasteiger charge is -2.33. The second-order valence-electron chi connectivity index (χ2n) is 7.34. The monoisotopic (exact) mass is 436 g/mol. The van der Waals surface area contributed by atoms with E-state index in [1.807, 2.05) is 60.8 Å². The predicted octanol–water partition coefficient (Wildman–Crippen LogP) is 4.93. The number of thiazole rings is 1. The number of hydrogen-bond donors (Lipinski definition) is 0. The van der Waals surface area contributed by atoms with E-state index in [0.717, 1.165) is 34.7 Å². The molecule has 1 atom stereocenters. The number of nitrogens with zero attached hydrogens (tertiary/aromatic N) is 2. The van der Waals surface area contributed by atoms with E-state index in [-0.39, 0.29) is 12.5 Å². The Morgan fingerprint density at radius 1 is 1.23 bits per heavy atom. The Hall–Kier alpha value is -3.19. The molecule has 0 N–H and O–H groups in total. The van der Waals surface area contributed by atoms with Gasteiger partial charge in [-0.05, 0) is 31.5 Å². The number of rotatable bonds is 7. The van der Waals surface area contributed by atoms with Crippen molar-refractivity contribution < 1.29 is 19.1 Å². The van der Waals surface area contributed by atoms with Crippen LogP contribution in [0.25, 0.3) is 21.8 Å². The molecule has 3 aromatic rings. The summed E-state index contributed by atoms with van der Waals surface area (Å²) < 4.78 is 10.9. The van der Waals surface area contributed by atoms with Crippen LogP contribution >= 0.6 is 11.3 Å². The summed E-state index contributed by atoms with van der Waals surface area (Å²) in [5.41, 5.74) is 3.28. The van der Waals surface area contributed by atoms with E-state index in [1.165, 1.54) is 4.90 Å². The van der Waals surface area contributed by atoms with E-state index in [4.69, 9.17) is 14.5 Å². The van der Waals surface area contributed by atoms with Crippen LogP contribution in [0.2, 0.25) is 0 Å². The fourth-order valence-electron chi connectivity index (χ4n) is 3.42. The van der Waals surface area contributed by atoms with Crippen molar-refractivity contribution in [1.82, 2.24) is 4.98 Å². The SMILES string of the molecule is CCCCOC(=O)C(C)N1C(=O)COc2ccc(-c3csc(-c4ccccc4)n3)cc21. The van der Waals surface area contributed by atoms with Gasteiger partial charge in [0.15, 0.2) is 6.61 Å². The summed E-state index contributed by atoms with van der Waals surface area (Å²) in [5.74, 6) is -0.122. The van der Waals surface area contributed by atoms with Crippen LogP contribution in [0.4, 0.5) is 5.69 Å². The van der Waals surface area contributed by atoms with Gasteiger partial charge in [-0.2, -0.15) is 0 Å². The van der Waals surface area contributed by atoms with Gasteiger partial charge in [-0.1, -0.05) is 43.7 Å². The smallest absolute Gasteiger partial charge is 0.328 e. The van der Waals surface area contributed by atoms with Crippen LogP contribution in [0, 0.1) is 0 Å². The Morgan fingerprint density at radius 3 is 2.81 bits per heavy atom. The first-order valence-corrected chi connectivity index (χ1v) is 11.2. The van der Waals surface area contributed by atoms with Gasteiger partial charge in [-0.15, -0.1) is 11.3 Å². The van der Waals surface area contributed by atoms with Gasteiger partial charge in [0, 0.05) is 16.5 Å². The van der Waals surface area contributed by atoms with Crippen molar-refractivity contribution in [2.45, 2.75) is 32.7 Å². The molecular weight excluding hydrogens is 412 g/mol. The van der Waals surface area contributed by atoms with Gasteiger partial charge in [0.1, 0.15) is 16.8 Å². The summed E-state index contributed by atoms with van der Waals surface area (Å²) in [6.07, 6.45) is 1.73. The van der Waals surface area contributed by atoms with Crippen molar-refractivity contribution in [2.24, 2.45) is 0 Å². The average Bonchev–Trinajstić information content (AvgIpc) is 3.29. The molecule has 2 aromatic carbocycles. The summed E-state index contributed by atoms with van der Waals surface area (Å²) in [4.78, 5) is 31.4. The summed E-state index contributed by atoms with van der Waals surface area (Å²) in [5, 5.41) is 2.91. The first-order valence-electron chi connectivity index (χ1n) is 10.4. The molecule has 1 unspecified atom stereocenters. The minimum atomic E-state index is -0.738. The minimum Gasteiger partial charge on any atom is -0.482 e. The van der Waals surface area contributed by atoms with Gasteiger partial charge in [0.05, 0.1) is 18.0 Å². The number of esters is 1. The fourth-order valence-corrected chi connectivity index (χ4v) is 4.25. The molecule has 31 heavy (non-hydrogen) atoms. The Bertz CT molecular complexity index is 1080. The highest BCUT2D eigenvalue weighted by atomic mass is 32.1. The number of amides is 1. The third kappa shape index (κ3) is 4.46. The molecule has 6 nitrogen and oxygen atoms in total. The zero-order chi connectivity index (χ0) is 21.8. The molecule has 0 fully saturated rings. The van der Waals surface area contributed by atoms with Crippen LogP contribution in [0.15, 0.2) is 53.9 Å². The van der Waals surface area contributed by atoms with Gasteiger partial charge < -0.3 is 9.47 Å². The minimum absolute atomic E-state index is 0.103. The van der Waals surface area contributed by atoms with Crippen molar-refractivity contribution in [1.29, 1.82) is 0 Å². The molecule has 4 rings (SSSR count). The van der Waals surface area contributed by atoms with Crippen molar-refractivity contribution in [3.63, 3.8) is 0 Å². The molecule has 1 aromatic heterocycles. The van der Waals surface area contributed by atoms with Crippen LogP contribution < -0.4 is 9.64 Å². The van der Waals surface area contributed by atoms with Gasteiger partial charge in [-0.25, -0.2) is 9.78 Å². The maximum atomic E-state index is 12.6. The normalized spacial score (nSPS) is 14.0. The summed E-state index contributed by atoms with van der Waals surface area (Å²) in [6, 6.07) is 14.8. The predicted molar refractivity (Wildman–Crippen MR) is 121 cm³/mol. The molecule has 1 aliphatic rings. The van der Waals surface area contributed by atoms with E-state index in [0.29, 0.717) is 18.0 Å². The Labute approximate surface area is 185 Å². The number of anilines is 1. The third-order valence-corrected chi connectivity index (χ3v) is 6.02. The molecule has 0 spiro atoms. The quantitative estimate of drug-likeness (QED) is 0.388. The fraction of sp³-hybridized carbons (Fsp3) is 0.292. The molecular formula is C24H24N2O4S. The zero-order valence-corrected chi connectivity index (χ0v) is 18.4. The first-order chi connectivity index (χ1) is 15.1. The van der Waals surface area contributed by atoms with E-state index in [1.54, 1.807) is 18.3 Å². The molecule has 0 radical (unpaired) electrons. The standard InChI is InChI=1S/C24H24N2O4S/c1-3-4-12-29-24(28)16(2)26-20-13-18(10-11-21(20)30-14-22(26)27)19-15-31-23(25-19)17-8-6-5-7-9-17/h5-11,13,15-16H,3-4,12,14H2,1-2H3. The van der Waals surface area contributed by atoms with E-state index >= 15 is 0 Å². The van der Waals surface area contributed by atoms with Crippen molar-refractivity contribution in [3.8, 4) is 27.6 Å². The number of carbonyl (C=O) groups is 2. The molecule has 1 amide bonds. The highest BCUT2D eigenvalue weighted by Crippen LogP contribution is 2.38. The van der Waals surface area contributed by atoms with E-state index < -0.39 is 12.0 Å².